The van der Waals surface area contributed by atoms with Crippen LogP contribution in [0, 0.1) is 0 Å². The summed E-state index contributed by atoms with van der Waals surface area (Å²) in [6.45, 7) is 8.00. The van der Waals surface area contributed by atoms with Gasteiger partial charge in [-0.3, -0.25) is 4.68 Å². The molecule has 0 unspecified atom stereocenters. The van der Waals surface area contributed by atoms with Gasteiger partial charge in [-0.2, -0.15) is 0 Å². The smallest absolute Gasteiger partial charge is 0.256 e. The number of hydrogen-bond donors (Lipinski definition) is 1. The molecule has 1 aromatic heterocycles. The molecule has 0 spiro atoms. The molecule has 0 amide bonds. The number of rotatable bonds is 3. The lowest BCUT2D eigenvalue weighted by Crippen LogP contribution is -2.08. The molecule has 5 heteroatoms. The third-order valence-electron chi connectivity index (χ3n) is 1.60. The minimum atomic E-state index is 0. The van der Waals surface area contributed by atoms with Gasteiger partial charge in [-0.25, -0.2) is 0 Å². The van der Waals surface area contributed by atoms with Crippen LogP contribution >= 0.6 is 12.4 Å². The van der Waals surface area contributed by atoms with E-state index in [1.165, 1.54) is 0 Å². The number of nitrogens with zero attached hydrogens (tertiary/aromatic N) is 2. The highest BCUT2D eigenvalue weighted by atomic mass is 35.5. The van der Waals surface area contributed by atoms with Crippen LogP contribution in [-0.2, 0) is 0 Å². The monoisotopic (exact) mass is 219 g/mol. The minimum absolute atomic E-state index is 0. The Bertz CT molecular complexity index is 284. The molecule has 1 heterocycles. The van der Waals surface area contributed by atoms with E-state index in [0.29, 0.717) is 17.6 Å². The lowest BCUT2D eigenvalue weighted by molar-refractivity contribution is 0.230. The number of anilines is 1. The standard InChI is InChI=1S/C9H17N3O.ClH/c1-6(2)12-5-8(10)9(11-12)13-7(3)4;/h5-7H,10H2,1-4H3;1H. The molecule has 1 aromatic rings. The first-order valence-electron chi connectivity index (χ1n) is 4.52. The number of hydrogen-bond acceptors (Lipinski definition) is 3. The van der Waals surface area contributed by atoms with Gasteiger partial charge in [0.1, 0.15) is 5.69 Å². The third-order valence-corrected chi connectivity index (χ3v) is 1.60. The normalized spacial score (nSPS) is 10.4. The first-order valence-corrected chi connectivity index (χ1v) is 4.52. The Kier molecular flexibility index (Phi) is 4.77. The van der Waals surface area contributed by atoms with Crippen molar-refractivity contribution in [2.45, 2.75) is 39.8 Å². The molecule has 0 aliphatic heterocycles. The topological polar surface area (TPSA) is 53.1 Å². The molecule has 0 aliphatic rings. The summed E-state index contributed by atoms with van der Waals surface area (Å²) in [7, 11) is 0. The molecule has 4 nitrogen and oxygen atoms in total. The molecule has 0 aliphatic carbocycles. The van der Waals surface area contributed by atoms with Gasteiger partial charge in [-0.15, -0.1) is 17.5 Å². The Morgan fingerprint density at radius 3 is 2.29 bits per heavy atom. The van der Waals surface area contributed by atoms with E-state index < -0.39 is 0 Å². The number of ether oxygens (including phenoxy) is 1. The van der Waals surface area contributed by atoms with Crippen molar-refractivity contribution >= 4 is 18.1 Å². The van der Waals surface area contributed by atoms with Gasteiger partial charge in [-0.05, 0) is 27.7 Å². The predicted molar refractivity (Wildman–Crippen MR) is 60.0 cm³/mol. The van der Waals surface area contributed by atoms with Crippen LogP contribution in [0.3, 0.4) is 0 Å². The summed E-state index contributed by atoms with van der Waals surface area (Å²) in [4.78, 5) is 0. The predicted octanol–water partition coefficient (Wildman–Crippen LogP) is 2.26. The highest BCUT2D eigenvalue weighted by Gasteiger charge is 2.09. The minimum Gasteiger partial charge on any atom is -0.472 e. The number of nitrogens with two attached hydrogens (primary N) is 1. The van der Waals surface area contributed by atoms with Crippen LogP contribution in [0.5, 0.6) is 5.88 Å². The van der Waals surface area contributed by atoms with E-state index in [1.54, 1.807) is 10.9 Å². The molecule has 0 saturated carbocycles. The van der Waals surface area contributed by atoms with Crippen LogP contribution in [0.2, 0.25) is 0 Å². The lowest BCUT2D eigenvalue weighted by atomic mass is 10.4. The first-order chi connectivity index (χ1) is 6.00. The molecule has 0 aromatic carbocycles. The van der Waals surface area contributed by atoms with Gasteiger partial charge in [0, 0.05) is 6.04 Å². The SMILES string of the molecule is CC(C)Oc1nn(C(C)C)cc1N.Cl. The van der Waals surface area contributed by atoms with Crippen molar-refractivity contribution in [3.63, 3.8) is 0 Å². The quantitative estimate of drug-likeness (QED) is 0.849. The van der Waals surface area contributed by atoms with Crippen LogP contribution in [0.15, 0.2) is 6.20 Å². The van der Waals surface area contributed by atoms with Gasteiger partial charge in [0.15, 0.2) is 0 Å². The molecule has 0 bridgehead atoms. The van der Waals surface area contributed by atoms with Gasteiger partial charge >= 0.3 is 0 Å². The van der Waals surface area contributed by atoms with E-state index in [4.69, 9.17) is 10.5 Å². The molecular weight excluding hydrogens is 202 g/mol. The maximum Gasteiger partial charge on any atom is 0.256 e. The molecule has 14 heavy (non-hydrogen) atoms. The Morgan fingerprint density at radius 2 is 1.93 bits per heavy atom. The first kappa shape index (κ1) is 13.1. The van der Waals surface area contributed by atoms with Crippen LogP contribution in [0.1, 0.15) is 33.7 Å². The van der Waals surface area contributed by atoms with Crippen LogP contribution in [0.4, 0.5) is 5.69 Å². The van der Waals surface area contributed by atoms with E-state index in [-0.39, 0.29) is 18.5 Å². The summed E-state index contributed by atoms with van der Waals surface area (Å²) in [5, 5.41) is 4.22. The molecule has 0 saturated heterocycles. The van der Waals surface area contributed by atoms with E-state index in [9.17, 15) is 0 Å². The Hall–Kier alpha value is -0.900. The summed E-state index contributed by atoms with van der Waals surface area (Å²) in [5.41, 5.74) is 6.32. The highest BCUT2D eigenvalue weighted by Crippen LogP contribution is 2.21. The molecule has 1 rings (SSSR count). The fourth-order valence-electron chi connectivity index (χ4n) is 0.969. The van der Waals surface area contributed by atoms with Crippen molar-refractivity contribution in [2.24, 2.45) is 0 Å². The Labute approximate surface area is 90.8 Å². The highest BCUT2D eigenvalue weighted by molar-refractivity contribution is 5.85. The van der Waals surface area contributed by atoms with Crippen molar-refractivity contribution in [3.05, 3.63) is 6.20 Å². The molecule has 0 radical (unpaired) electrons. The van der Waals surface area contributed by atoms with Crippen molar-refractivity contribution in [1.82, 2.24) is 9.78 Å². The van der Waals surface area contributed by atoms with Crippen molar-refractivity contribution in [1.29, 1.82) is 0 Å². The second-order valence-corrected chi connectivity index (χ2v) is 3.63. The zero-order valence-corrected chi connectivity index (χ0v) is 9.84. The van der Waals surface area contributed by atoms with Gasteiger partial charge < -0.3 is 10.5 Å². The molecule has 2 N–H and O–H groups in total. The molecule has 0 atom stereocenters. The summed E-state index contributed by atoms with van der Waals surface area (Å²) in [6.07, 6.45) is 1.90. The fraction of sp³-hybridized carbons (Fsp3) is 0.667. The van der Waals surface area contributed by atoms with E-state index in [1.807, 2.05) is 27.7 Å². The maximum absolute atomic E-state index is 5.72. The van der Waals surface area contributed by atoms with Gasteiger partial charge in [0.2, 0.25) is 0 Å². The number of aromatic nitrogens is 2. The van der Waals surface area contributed by atoms with Gasteiger partial charge in [-0.1, -0.05) is 0 Å². The summed E-state index contributed by atoms with van der Waals surface area (Å²) in [6, 6.07) is 0.312. The van der Waals surface area contributed by atoms with E-state index in [0.717, 1.165) is 0 Å². The lowest BCUT2D eigenvalue weighted by Gasteiger charge is -2.07. The van der Waals surface area contributed by atoms with Crippen molar-refractivity contribution in [3.8, 4) is 5.88 Å². The van der Waals surface area contributed by atoms with E-state index in [2.05, 4.69) is 5.10 Å². The van der Waals surface area contributed by atoms with E-state index >= 15 is 0 Å². The average molecular weight is 220 g/mol. The Morgan fingerprint density at radius 1 is 1.36 bits per heavy atom. The second kappa shape index (κ2) is 5.10. The Balaban J connectivity index is 0.00000169. The number of halogens is 1. The largest absolute Gasteiger partial charge is 0.472 e. The maximum atomic E-state index is 5.72. The summed E-state index contributed by atoms with van der Waals surface area (Å²) in [5.74, 6) is 0.531. The van der Waals surface area contributed by atoms with Crippen LogP contribution in [-0.4, -0.2) is 15.9 Å². The number of nitrogen functional groups attached to an aromatic ring is 1. The summed E-state index contributed by atoms with van der Waals surface area (Å²) < 4.78 is 7.22. The third kappa shape index (κ3) is 3.10. The molecule has 82 valence electrons. The summed E-state index contributed by atoms with van der Waals surface area (Å²) >= 11 is 0. The van der Waals surface area contributed by atoms with Crippen molar-refractivity contribution in [2.75, 3.05) is 5.73 Å². The molecule has 0 fully saturated rings. The van der Waals surface area contributed by atoms with Gasteiger partial charge in [0.05, 0.1) is 12.3 Å². The zero-order valence-electron chi connectivity index (χ0n) is 9.02. The second-order valence-electron chi connectivity index (χ2n) is 3.63. The van der Waals surface area contributed by atoms with Gasteiger partial charge in [0.25, 0.3) is 5.88 Å². The van der Waals surface area contributed by atoms with Crippen molar-refractivity contribution < 1.29 is 4.74 Å². The zero-order chi connectivity index (χ0) is 10.0. The average Bonchev–Trinajstić information content (AvgIpc) is 2.31. The molecular formula is C9H18ClN3O. The van der Waals surface area contributed by atoms with Crippen LogP contribution in [0.25, 0.3) is 0 Å². The fourth-order valence-corrected chi connectivity index (χ4v) is 0.969. The van der Waals surface area contributed by atoms with Crippen LogP contribution < -0.4 is 10.5 Å².